The van der Waals surface area contributed by atoms with Crippen molar-refractivity contribution < 1.29 is 25.8 Å². The Morgan fingerprint density at radius 1 is 1.47 bits per heavy atom. The summed E-state index contributed by atoms with van der Waals surface area (Å²) in [5.74, 6) is -0.641. The highest BCUT2D eigenvalue weighted by Crippen LogP contribution is 2.29. The number of alkyl halides is 3. The van der Waals surface area contributed by atoms with E-state index in [4.69, 9.17) is 0 Å². The van der Waals surface area contributed by atoms with Gasteiger partial charge in [-0.2, -0.15) is 21.6 Å². The molecule has 1 rings (SSSR count). The molecule has 1 aromatic heterocycles. The molecule has 0 fully saturated rings. The van der Waals surface area contributed by atoms with Crippen molar-refractivity contribution in [2.24, 2.45) is 0 Å². The molecular weight excluding hydrogens is 259 g/mol. The van der Waals surface area contributed by atoms with Crippen LogP contribution in [0.15, 0.2) is 24.9 Å². The van der Waals surface area contributed by atoms with E-state index >= 15 is 0 Å². The standard InChI is InChI=1S/C9H8F3NO3S/c1-6(2)7-4-3-5-13-8(7)16-17(14,15)9(10,11)12/h3-5H,1H2,2H3. The van der Waals surface area contributed by atoms with Crippen LogP contribution in [-0.4, -0.2) is 18.9 Å². The van der Waals surface area contributed by atoms with Gasteiger partial charge in [0, 0.05) is 11.8 Å². The Bertz CT molecular complexity index is 537. The third-order valence-corrected chi connectivity index (χ3v) is 2.65. The lowest BCUT2D eigenvalue weighted by Gasteiger charge is -2.11. The molecule has 0 amide bonds. The fourth-order valence-corrected chi connectivity index (χ4v) is 1.37. The lowest BCUT2D eigenvalue weighted by molar-refractivity contribution is -0.0501. The molecule has 0 N–H and O–H groups in total. The maximum atomic E-state index is 12.1. The molecule has 0 saturated carbocycles. The van der Waals surface area contributed by atoms with Crippen LogP contribution in [0.3, 0.4) is 0 Å². The Labute approximate surface area is 95.9 Å². The average molecular weight is 267 g/mol. The summed E-state index contributed by atoms with van der Waals surface area (Å²) in [7, 11) is -5.71. The number of nitrogens with zero attached hydrogens (tertiary/aromatic N) is 1. The zero-order chi connectivity index (χ0) is 13.3. The third-order valence-electron chi connectivity index (χ3n) is 1.70. The van der Waals surface area contributed by atoms with Crippen LogP contribution in [0.4, 0.5) is 13.2 Å². The van der Waals surface area contributed by atoms with E-state index in [0.717, 1.165) is 6.20 Å². The summed E-state index contributed by atoms with van der Waals surface area (Å²) in [6.07, 6.45) is 1.12. The molecule has 17 heavy (non-hydrogen) atoms. The van der Waals surface area contributed by atoms with Gasteiger partial charge < -0.3 is 4.18 Å². The van der Waals surface area contributed by atoms with Gasteiger partial charge in [0.15, 0.2) is 0 Å². The molecule has 1 aromatic rings. The molecule has 94 valence electrons. The molecule has 0 aliphatic heterocycles. The maximum absolute atomic E-state index is 12.1. The lowest BCUT2D eigenvalue weighted by atomic mass is 10.1. The highest BCUT2D eigenvalue weighted by molar-refractivity contribution is 7.87. The smallest absolute Gasteiger partial charge is 0.355 e. The van der Waals surface area contributed by atoms with Crippen LogP contribution in [0.5, 0.6) is 5.88 Å². The van der Waals surface area contributed by atoms with Crippen molar-refractivity contribution in [1.29, 1.82) is 0 Å². The Hall–Kier alpha value is -1.57. The predicted molar refractivity (Wildman–Crippen MR) is 54.5 cm³/mol. The summed E-state index contributed by atoms with van der Waals surface area (Å²) in [6, 6.07) is 2.79. The fourth-order valence-electron chi connectivity index (χ4n) is 0.933. The molecule has 0 aromatic carbocycles. The first kappa shape index (κ1) is 13.5. The van der Waals surface area contributed by atoms with Crippen molar-refractivity contribution in [2.75, 3.05) is 0 Å². The Kier molecular flexibility index (Phi) is 3.46. The molecule has 0 atom stereocenters. The lowest BCUT2D eigenvalue weighted by Crippen LogP contribution is -2.28. The number of hydrogen-bond donors (Lipinski definition) is 0. The van der Waals surface area contributed by atoms with Crippen molar-refractivity contribution in [3.8, 4) is 5.88 Å². The van der Waals surface area contributed by atoms with Gasteiger partial charge in [-0.25, -0.2) is 4.98 Å². The molecule has 4 nitrogen and oxygen atoms in total. The number of aromatic nitrogens is 1. The largest absolute Gasteiger partial charge is 0.534 e. The second kappa shape index (κ2) is 4.36. The van der Waals surface area contributed by atoms with E-state index in [1.54, 1.807) is 0 Å². The molecule has 1 heterocycles. The second-order valence-electron chi connectivity index (χ2n) is 3.12. The molecule has 0 radical (unpaired) electrons. The molecule has 0 saturated heterocycles. The van der Waals surface area contributed by atoms with Crippen molar-refractivity contribution in [1.82, 2.24) is 4.98 Å². The SMILES string of the molecule is C=C(C)c1cccnc1OS(=O)(=O)C(F)(F)F. The van der Waals surface area contributed by atoms with Crippen LogP contribution in [0.25, 0.3) is 5.57 Å². The summed E-state index contributed by atoms with van der Waals surface area (Å²) in [6.45, 7) is 4.97. The third kappa shape index (κ3) is 2.96. The number of pyridine rings is 1. The molecule has 0 aliphatic rings. The topological polar surface area (TPSA) is 56.3 Å². The molecule has 0 bridgehead atoms. The molecule has 8 heteroatoms. The van der Waals surface area contributed by atoms with Crippen LogP contribution >= 0.6 is 0 Å². The summed E-state index contributed by atoms with van der Waals surface area (Å²) in [5.41, 5.74) is -5.05. The van der Waals surface area contributed by atoms with E-state index in [0.29, 0.717) is 5.57 Å². The van der Waals surface area contributed by atoms with Gasteiger partial charge in [-0.15, -0.1) is 0 Å². The highest BCUT2D eigenvalue weighted by atomic mass is 32.2. The van der Waals surface area contributed by atoms with Crippen LogP contribution in [-0.2, 0) is 10.1 Å². The Balaban J connectivity index is 3.18. The van der Waals surface area contributed by atoms with Gasteiger partial charge >= 0.3 is 15.6 Å². The second-order valence-corrected chi connectivity index (χ2v) is 4.66. The van der Waals surface area contributed by atoms with Crippen molar-refractivity contribution in [3.63, 3.8) is 0 Å². The van der Waals surface area contributed by atoms with Crippen LogP contribution in [0, 0.1) is 0 Å². The Morgan fingerprint density at radius 3 is 2.53 bits per heavy atom. The minimum absolute atomic E-state index is 0.0975. The highest BCUT2D eigenvalue weighted by Gasteiger charge is 2.49. The van der Waals surface area contributed by atoms with Gasteiger partial charge in [0.2, 0.25) is 5.88 Å². The average Bonchev–Trinajstić information content (AvgIpc) is 2.15. The first-order chi connectivity index (χ1) is 7.65. The van der Waals surface area contributed by atoms with Gasteiger partial charge in [-0.3, -0.25) is 0 Å². The zero-order valence-electron chi connectivity index (χ0n) is 8.65. The molecule has 0 aliphatic carbocycles. The first-order valence-corrected chi connectivity index (χ1v) is 5.67. The van der Waals surface area contributed by atoms with Crippen LogP contribution < -0.4 is 4.18 Å². The van der Waals surface area contributed by atoms with Crippen LogP contribution in [0.1, 0.15) is 12.5 Å². The number of rotatable bonds is 3. The Morgan fingerprint density at radius 2 is 2.06 bits per heavy atom. The summed E-state index contributed by atoms with van der Waals surface area (Å²) < 4.78 is 61.8. The van der Waals surface area contributed by atoms with Gasteiger partial charge in [0.05, 0.1) is 0 Å². The predicted octanol–water partition coefficient (Wildman–Crippen LogP) is 2.34. The molecular formula is C9H8F3NO3S. The van der Waals surface area contributed by atoms with E-state index < -0.39 is 21.5 Å². The van der Waals surface area contributed by atoms with Gasteiger partial charge in [-0.05, 0) is 24.6 Å². The van der Waals surface area contributed by atoms with Gasteiger partial charge in [0.25, 0.3) is 0 Å². The number of halogens is 3. The zero-order valence-corrected chi connectivity index (χ0v) is 9.47. The summed E-state index contributed by atoms with van der Waals surface area (Å²) in [5, 5.41) is 0. The fraction of sp³-hybridized carbons (Fsp3) is 0.222. The van der Waals surface area contributed by atoms with Crippen molar-refractivity contribution in [2.45, 2.75) is 12.4 Å². The maximum Gasteiger partial charge on any atom is 0.534 e. The molecule has 0 spiro atoms. The monoisotopic (exact) mass is 267 g/mol. The molecule has 0 unspecified atom stereocenters. The summed E-state index contributed by atoms with van der Waals surface area (Å²) >= 11 is 0. The van der Waals surface area contributed by atoms with Crippen molar-refractivity contribution >= 4 is 15.7 Å². The van der Waals surface area contributed by atoms with E-state index in [9.17, 15) is 21.6 Å². The normalized spacial score (nSPS) is 12.2. The van der Waals surface area contributed by atoms with Crippen molar-refractivity contribution in [3.05, 3.63) is 30.5 Å². The number of hydrogen-bond acceptors (Lipinski definition) is 4. The van der Waals surface area contributed by atoms with Crippen LogP contribution in [0.2, 0.25) is 0 Å². The minimum Gasteiger partial charge on any atom is -0.355 e. The van der Waals surface area contributed by atoms with E-state index in [-0.39, 0.29) is 5.56 Å². The minimum atomic E-state index is -5.71. The van der Waals surface area contributed by atoms with Gasteiger partial charge in [-0.1, -0.05) is 6.58 Å². The van der Waals surface area contributed by atoms with E-state index in [1.165, 1.54) is 19.1 Å². The summed E-state index contributed by atoms with van der Waals surface area (Å²) in [4.78, 5) is 3.44. The van der Waals surface area contributed by atoms with Gasteiger partial charge in [0.1, 0.15) is 0 Å². The number of allylic oxidation sites excluding steroid dienone is 1. The first-order valence-electron chi connectivity index (χ1n) is 4.27. The van der Waals surface area contributed by atoms with E-state index in [1.807, 2.05) is 0 Å². The quantitative estimate of drug-likeness (QED) is 0.623. The van der Waals surface area contributed by atoms with E-state index in [2.05, 4.69) is 15.7 Å².